The average molecular weight is 483 g/mol. The predicted octanol–water partition coefficient (Wildman–Crippen LogP) is 7.45. The molecular formula is C31H50N2O2. The first-order chi connectivity index (χ1) is 16.9. The third kappa shape index (κ3) is 20.3. The second-order valence-corrected chi connectivity index (χ2v) is 7.78. The van der Waals surface area contributed by atoms with Gasteiger partial charge >= 0.3 is 0 Å². The van der Waals surface area contributed by atoms with Gasteiger partial charge in [-0.2, -0.15) is 0 Å². The Morgan fingerprint density at radius 1 is 1.11 bits per heavy atom. The number of primary amides is 1. The standard InChI is InChI=1S/C26H36N2O2.C3H8.C2H6/c1-5-7-13-25(26(27)29)17-15-22(4)30-21(3)14-16-23(6-2)20-28-19-18-24-11-9-8-10-12-24;1-3-2;1-2/h6,8-17,21,28H,4-5,7,18-20H2,1-3H3,(H2,27,29);3H2,1-2H3;1-2H3/b16-14-,17-15-,23-6+,25-13+;;. The fourth-order valence-corrected chi connectivity index (χ4v) is 2.68. The molecule has 0 fully saturated rings. The van der Waals surface area contributed by atoms with Gasteiger partial charge in [0.2, 0.25) is 5.91 Å². The lowest BCUT2D eigenvalue weighted by atomic mass is 10.1. The van der Waals surface area contributed by atoms with Crippen LogP contribution in [0.15, 0.2) is 90.3 Å². The van der Waals surface area contributed by atoms with Crippen LogP contribution in [-0.4, -0.2) is 25.1 Å². The summed E-state index contributed by atoms with van der Waals surface area (Å²) in [4.78, 5) is 11.4. The van der Waals surface area contributed by atoms with E-state index in [-0.39, 0.29) is 6.10 Å². The number of carbonyl (C=O) groups excluding carboxylic acids is 1. The van der Waals surface area contributed by atoms with Crippen molar-refractivity contribution in [3.05, 3.63) is 95.8 Å². The van der Waals surface area contributed by atoms with Gasteiger partial charge in [-0.3, -0.25) is 4.79 Å². The second kappa shape index (κ2) is 24.3. The van der Waals surface area contributed by atoms with Crippen molar-refractivity contribution in [3.8, 4) is 0 Å². The number of hydrogen-bond acceptors (Lipinski definition) is 3. The van der Waals surface area contributed by atoms with Crippen LogP contribution < -0.4 is 11.1 Å². The van der Waals surface area contributed by atoms with E-state index < -0.39 is 5.91 Å². The molecule has 0 aliphatic carbocycles. The van der Waals surface area contributed by atoms with E-state index in [1.54, 1.807) is 12.2 Å². The molecule has 1 atom stereocenters. The van der Waals surface area contributed by atoms with Gasteiger partial charge in [0.05, 0.1) is 0 Å². The summed E-state index contributed by atoms with van der Waals surface area (Å²) in [6.07, 6.45) is 15.2. The Morgan fingerprint density at radius 2 is 1.74 bits per heavy atom. The molecule has 4 nitrogen and oxygen atoms in total. The third-order valence-electron chi connectivity index (χ3n) is 4.44. The number of allylic oxidation sites excluding steroid dienone is 3. The molecule has 196 valence electrons. The molecule has 0 saturated carbocycles. The summed E-state index contributed by atoms with van der Waals surface area (Å²) >= 11 is 0. The zero-order chi connectivity index (χ0) is 26.9. The normalized spacial score (nSPS) is 12.4. The molecular weight excluding hydrogens is 432 g/mol. The van der Waals surface area contributed by atoms with E-state index in [0.29, 0.717) is 11.3 Å². The number of rotatable bonds is 14. The zero-order valence-corrected chi connectivity index (χ0v) is 23.3. The van der Waals surface area contributed by atoms with Crippen molar-refractivity contribution in [2.75, 3.05) is 13.1 Å². The highest BCUT2D eigenvalue weighted by molar-refractivity contribution is 5.94. The molecule has 35 heavy (non-hydrogen) atoms. The molecule has 3 N–H and O–H groups in total. The van der Waals surface area contributed by atoms with Crippen molar-refractivity contribution in [1.29, 1.82) is 0 Å². The monoisotopic (exact) mass is 482 g/mol. The van der Waals surface area contributed by atoms with Crippen molar-refractivity contribution in [3.63, 3.8) is 0 Å². The number of nitrogens with one attached hydrogen (secondary N) is 1. The molecule has 0 bridgehead atoms. The Balaban J connectivity index is 0. The Bertz CT molecular complexity index is 789. The van der Waals surface area contributed by atoms with Gasteiger partial charge in [0, 0.05) is 12.1 Å². The first-order valence-electron chi connectivity index (χ1n) is 13.0. The number of benzene rings is 1. The summed E-state index contributed by atoms with van der Waals surface area (Å²) in [5.74, 6) is 0.0387. The lowest BCUT2D eigenvalue weighted by Crippen LogP contribution is -2.19. The topological polar surface area (TPSA) is 64.4 Å². The number of unbranched alkanes of at least 4 members (excludes halogenated alkanes) is 1. The van der Waals surface area contributed by atoms with Crippen LogP contribution in [-0.2, 0) is 16.0 Å². The van der Waals surface area contributed by atoms with Crippen LogP contribution in [0.4, 0.5) is 0 Å². The fourth-order valence-electron chi connectivity index (χ4n) is 2.68. The SMILES string of the molecule is C=C(/C=C\C(=C/CCC)C(N)=O)OC(C)/C=C\C(=C/C)CNCCc1ccccc1.CC.CCC. The van der Waals surface area contributed by atoms with Crippen molar-refractivity contribution in [2.24, 2.45) is 5.73 Å². The molecule has 1 aromatic rings. The van der Waals surface area contributed by atoms with Gasteiger partial charge in [-0.1, -0.05) is 103 Å². The van der Waals surface area contributed by atoms with Gasteiger partial charge < -0.3 is 15.8 Å². The molecule has 1 rings (SSSR count). The summed E-state index contributed by atoms with van der Waals surface area (Å²) in [5, 5.41) is 3.47. The van der Waals surface area contributed by atoms with Crippen molar-refractivity contribution >= 4 is 5.91 Å². The third-order valence-corrected chi connectivity index (χ3v) is 4.44. The van der Waals surface area contributed by atoms with E-state index in [2.05, 4.69) is 62.2 Å². The highest BCUT2D eigenvalue weighted by atomic mass is 16.5. The van der Waals surface area contributed by atoms with Crippen LogP contribution in [0.3, 0.4) is 0 Å². The Labute approximate surface area is 215 Å². The van der Waals surface area contributed by atoms with Crippen LogP contribution in [0, 0.1) is 0 Å². The second-order valence-electron chi connectivity index (χ2n) is 7.78. The molecule has 4 heteroatoms. The molecule has 0 aliphatic heterocycles. The van der Waals surface area contributed by atoms with Gasteiger partial charge in [-0.05, 0) is 62.6 Å². The van der Waals surface area contributed by atoms with Crippen LogP contribution in [0.2, 0.25) is 0 Å². The van der Waals surface area contributed by atoms with Gasteiger partial charge in [0.15, 0.2) is 0 Å². The van der Waals surface area contributed by atoms with E-state index >= 15 is 0 Å². The summed E-state index contributed by atoms with van der Waals surface area (Å²) < 4.78 is 5.77. The molecule has 0 spiro atoms. The highest BCUT2D eigenvalue weighted by Crippen LogP contribution is 2.08. The Hall–Kier alpha value is -2.85. The summed E-state index contributed by atoms with van der Waals surface area (Å²) in [6.45, 7) is 19.9. The van der Waals surface area contributed by atoms with Crippen molar-refractivity contribution in [1.82, 2.24) is 5.32 Å². The fraction of sp³-hybridized carbons (Fsp3) is 0.452. The van der Waals surface area contributed by atoms with Gasteiger partial charge in [0.1, 0.15) is 11.9 Å². The molecule has 0 aliphatic rings. The maximum Gasteiger partial charge on any atom is 0.248 e. The smallest absolute Gasteiger partial charge is 0.248 e. The zero-order valence-electron chi connectivity index (χ0n) is 23.3. The minimum absolute atomic E-state index is 0.141. The minimum atomic E-state index is -0.446. The molecule has 0 radical (unpaired) electrons. The van der Waals surface area contributed by atoms with E-state index in [1.807, 2.05) is 52.8 Å². The molecule has 0 aromatic heterocycles. The van der Waals surface area contributed by atoms with Crippen molar-refractivity contribution < 1.29 is 9.53 Å². The van der Waals surface area contributed by atoms with Gasteiger partial charge in [-0.15, -0.1) is 0 Å². The molecule has 1 unspecified atom stereocenters. The van der Waals surface area contributed by atoms with Crippen molar-refractivity contribution in [2.45, 2.75) is 80.3 Å². The lowest BCUT2D eigenvalue weighted by Gasteiger charge is -2.11. The van der Waals surface area contributed by atoms with Crippen LogP contribution >= 0.6 is 0 Å². The maximum atomic E-state index is 11.4. The lowest BCUT2D eigenvalue weighted by molar-refractivity contribution is -0.114. The molecule has 1 aromatic carbocycles. The van der Waals surface area contributed by atoms with Gasteiger partial charge in [0.25, 0.3) is 0 Å². The summed E-state index contributed by atoms with van der Waals surface area (Å²) in [5.41, 5.74) is 8.39. The summed E-state index contributed by atoms with van der Waals surface area (Å²) in [6, 6.07) is 10.5. The van der Waals surface area contributed by atoms with E-state index in [1.165, 1.54) is 17.6 Å². The Kier molecular flexibility index (Phi) is 23.8. The highest BCUT2D eigenvalue weighted by Gasteiger charge is 2.02. The quantitative estimate of drug-likeness (QED) is 0.125. The van der Waals surface area contributed by atoms with E-state index in [9.17, 15) is 4.79 Å². The van der Waals surface area contributed by atoms with Gasteiger partial charge in [-0.25, -0.2) is 0 Å². The van der Waals surface area contributed by atoms with E-state index in [4.69, 9.17) is 10.5 Å². The summed E-state index contributed by atoms with van der Waals surface area (Å²) in [7, 11) is 0. The van der Waals surface area contributed by atoms with Crippen LogP contribution in [0.25, 0.3) is 0 Å². The molecule has 0 saturated heterocycles. The van der Waals surface area contributed by atoms with Crippen LogP contribution in [0.5, 0.6) is 0 Å². The number of amides is 1. The molecule has 1 amide bonds. The average Bonchev–Trinajstić information content (AvgIpc) is 2.85. The number of carbonyl (C=O) groups is 1. The number of nitrogens with two attached hydrogens (primary N) is 1. The molecule has 0 heterocycles. The number of hydrogen-bond donors (Lipinski definition) is 2. The predicted molar refractivity (Wildman–Crippen MR) is 154 cm³/mol. The number of ether oxygens (including phenoxy) is 1. The maximum absolute atomic E-state index is 11.4. The van der Waals surface area contributed by atoms with Crippen LogP contribution in [0.1, 0.15) is 73.3 Å². The van der Waals surface area contributed by atoms with E-state index in [0.717, 1.165) is 32.4 Å². The first kappa shape index (κ1) is 34.3. The minimum Gasteiger partial charge on any atom is -0.487 e. The first-order valence-corrected chi connectivity index (χ1v) is 13.0. The largest absolute Gasteiger partial charge is 0.487 e. The Morgan fingerprint density at radius 3 is 2.29 bits per heavy atom.